The summed E-state index contributed by atoms with van der Waals surface area (Å²) in [7, 11) is 0. The van der Waals surface area contributed by atoms with E-state index >= 15 is 0 Å². The Kier molecular flexibility index (Phi) is 3.58. The first-order valence-electron chi connectivity index (χ1n) is 7.17. The summed E-state index contributed by atoms with van der Waals surface area (Å²) in [5, 5.41) is 11.1. The third kappa shape index (κ3) is 2.55. The van der Waals surface area contributed by atoms with E-state index in [0.717, 1.165) is 22.3 Å². The minimum absolute atomic E-state index is 0.205. The third-order valence-corrected chi connectivity index (χ3v) is 3.57. The van der Waals surface area contributed by atoms with Gasteiger partial charge in [-0.25, -0.2) is 9.97 Å². The number of amides is 1. The van der Waals surface area contributed by atoms with Gasteiger partial charge in [0, 0.05) is 23.0 Å². The van der Waals surface area contributed by atoms with Crippen LogP contribution in [0.15, 0.2) is 24.4 Å². The highest BCUT2D eigenvalue weighted by molar-refractivity contribution is 6.05. The minimum atomic E-state index is -0.205. The maximum atomic E-state index is 12.4. The molecule has 22 heavy (non-hydrogen) atoms. The van der Waals surface area contributed by atoms with Crippen molar-refractivity contribution in [1.82, 2.24) is 20.2 Å². The normalized spacial score (nSPS) is 10.9. The van der Waals surface area contributed by atoms with Crippen LogP contribution in [0.2, 0.25) is 0 Å². The van der Waals surface area contributed by atoms with Crippen molar-refractivity contribution < 1.29 is 4.79 Å². The maximum absolute atomic E-state index is 12.4. The first-order valence-corrected chi connectivity index (χ1v) is 7.17. The molecule has 6 heteroatoms. The number of nitrogens with one attached hydrogen (secondary N) is 2. The fourth-order valence-electron chi connectivity index (χ4n) is 2.40. The van der Waals surface area contributed by atoms with Crippen molar-refractivity contribution in [2.75, 3.05) is 5.32 Å². The molecule has 2 aromatic heterocycles. The number of anilines is 1. The average Bonchev–Trinajstić information content (AvgIpc) is 2.87. The van der Waals surface area contributed by atoms with Gasteiger partial charge >= 0.3 is 0 Å². The van der Waals surface area contributed by atoms with Crippen LogP contribution in [0.1, 0.15) is 34.5 Å². The van der Waals surface area contributed by atoms with Crippen LogP contribution in [0.3, 0.4) is 0 Å². The molecule has 0 spiro atoms. The summed E-state index contributed by atoms with van der Waals surface area (Å²) in [6.07, 6.45) is 2.26. The van der Waals surface area contributed by atoms with Crippen LogP contribution in [-0.4, -0.2) is 26.1 Å². The van der Waals surface area contributed by atoms with E-state index in [1.165, 1.54) is 0 Å². The van der Waals surface area contributed by atoms with E-state index < -0.39 is 0 Å². The first-order chi connectivity index (χ1) is 10.6. The van der Waals surface area contributed by atoms with Gasteiger partial charge in [0.05, 0.1) is 16.8 Å². The summed E-state index contributed by atoms with van der Waals surface area (Å²) in [5.41, 5.74) is 3.79. The molecule has 0 aliphatic carbocycles. The van der Waals surface area contributed by atoms with Crippen molar-refractivity contribution in [3.05, 3.63) is 47.2 Å². The number of hydrogen-bond acceptors (Lipinski definition) is 4. The topological polar surface area (TPSA) is 83.6 Å². The van der Waals surface area contributed by atoms with Crippen molar-refractivity contribution in [1.29, 1.82) is 0 Å². The molecule has 0 radical (unpaired) electrons. The van der Waals surface area contributed by atoms with Gasteiger partial charge in [0.2, 0.25) is 0 Å². The largest absolute Gasteiger partial charge is 0.322 e. The zero-order valence-corrected chi connectivity index (χ0v) is 12.8. The van der Waals surface area contributed by atoms with Gasteiger partial charge in [0.25, 0.3) is 5.91 Å². The molecule has 112 valence electrons. The summed E-state index contributed by atoms with van der Waals surface area (Å²) >= 11 is 0. The summed E-state index contributed by atoms with van der Waals surface area (Å²) in [6, 6.07) is 5.65. The van der Waals surface area contributed by atoms with E-state index in [1.807, 2.05) is 39.0 Å². The number of aromatic amines is 1. The molecule has 3 aromatic rings. The zero-order valence-electron chi connectivity index (χ0n) is 12.8. The second-order valence-corrected chi connectivity index (χ2v) is 5.17. The zero-order chi connectivity index (χ0) is 15.7. The highest BCUT2D eigenvalue weighted by Crippen LogP contribution is 2.20. The summed E-state index contributed by atoms with van der Waals surface area (Å²) < 4.78 is 0. The number of benzene rings is 1. The molecule has 2 N–H and O–H groups in total. The van der Waals surface area contributed by atoms with E-state index in [2.05, 4.69) is 25.5 Å². The van der Waals surface area contributed by atoms with Crippen LogP contribution in [-0.2, 0) is 6.42 Å². The number of carbonyl (C=O) groups excluding carboxylic acids is 1. The van der Waals surface area contributed by atoms with Crippen molar-refractivity contribution in [2.24, 2.45) is 0 Å². The smallest absolute Gasteiger partial charge is 0.259 e. The van der Waals surface area contributed by atoms with Gasteiger partial charge < -0.3 is 5.32 Å². The molecule has 0 bridgehead atoms. The molecule has 0 saturated carbocycles. The van der Waals surface area contributed by atoms with Crippen molar-refractivity contribution in [3.8, 4) is 0 Å². The average molecular weight is 295 g/mol. The molecule has 3 rings (SSSR count). The molecule has 6 nitrogen and oxygen atoms in total. The highest BCUT2D eigenvalue weighted by Gasteiger charge is 2.13. The Hall–Kier alpha value is -2.76. The van der Waals surface area contributed by atoms with Gasteiger partial charge in [-0.1, -0.05) is 6.92 Å². The number of carbonyl (C=O) groups is 1. The molecule has 0 saturated heterocycles. The van der Waals surface area contributed by atoms with Crippen LogP contribution in [0.4, 0.5) is 5.69 Å². The lowest BCUT2D eigenvalue weighted by molar-refractivity contribution is 0.102. The van der Waals surface area contributed by atoms with Crippen LogP contribution in [0.5, 0.6) is 0 Å². The van der Waals surface area contributed by atoms with Crippen molar-refractivity contribution >= 4 is 22.5 Å². The Bertz CT molecular complexity index is 853. The maximum Gasteiger partial charge on any atom is 0.259 e. The van der Waals surface area contributed by atoms with Crippen molar-refractivity contribution in [2.45, 2.75) is 27.2 Å². The molecule has 0 unspecified atom stereocenters. The first kappa shape index (κ1) is 14.2. The lowest BCUT2D eigenvalue weighted by Crippen LogP contribution is -2.16. The molecule has 0 atom stereocenters. The molecular formula is C16H17N5O. The van der Waals surface area contributed by atoms with E-state index in [0.29, 0.717) is 23.5 Å². The van der Waals surface area contributed by atoms with Crippen LogP contribution < -0.4 is 5.32 Å². The van der Waals surface area contributed by atoms with Gasteiger partial charge in [0.1, 0.15) is 5.82 Å². The molecule has 0 aliphatic heterocycles. The Morgan fingerprint density at radius 3 is 2.91 bits per heavy atom. The van der Waals surface area contributed by atoms with Gasteiger partial charge in [-0.05, 0) is 38.5 Å². The summed E-state index contributed by atoms with van der Waals surface area (Å²) in [5.74, 6) is 0.463. The van der Waals surface area contributed by atoms with Gasteiger partial charge in [-0.15, -0.1) is 0 Å². The van der Waals surface area contributed by atoms with E-state index in [9.17, 15) is 4.79 Å². The van der Waals surface area contributed by atoms with Crippen LogP contribution in [0, 0.1) is 13.8 Å². The Labute approximate surface area is 128 Å². The minimum Gasteiger partial charge on any atom is -0.322 e. The fraction of sp³-hybridized carbons (Fsp3) is 0.250. The molecular weight excluding hydrogens is 278 g/mol. The SMILES string of the molecule is CCc1nc(C)ncc1C(=O)Nc1ccc2c(C)[nH]nc2c1. The number of aromatic nitrogens is 4. The second-order valence-electron chi connectivity index (χ2n) is 5.17. The molecule has 2 heterocycles. The standard InChI is InChI=1S/C16H17N5O/c1-4-14-13(8-17-10(3)18-14)16(22)19-11-5-6-12-9(2)20-21-15(12)7-11/h5-8H,4H2,1-3H3,(H,19,22)(H,20,21). The third-order valence-electron chi connectivity index (χ3n) is 3.57. The highest BCUT2D eigenvalue weighted by atomic mass is 16.1. The fourth-order valence-corrected chi connectivity index (χ4v) is 2.40. The van der Waals surface area contributed by atoms with E-state index in [4.69, 9.17) is 0 Å². The Balaban J connectivity index is 1.89. The predicted molar refractivity (Wildman–Crippen MR) is 84.9 cm³/mol. The second kappa shape index (κ2) is 5.55. The number of H-pyrrole nitrogens is 1. The van der Waals surface area contributed by atoms with E-state index in [-0.39, 0.29) is 5.91 Å². The Morgan fingerprint density at radius 2 is 2.14 bits per heavy atom. The monoisotopic (exact) mass is 295 g/mol. The lowest BCUT2D eigenvalue weighted by Gasteiger charge is -2.08. The molecule has 1 amide bonds. The van der Waals surface area contributed by atoms with Crippen molar-refractivity contribution in [3.63, 3.8) is 0 Å². The predicted octanol–water partition coefficient (Wildman–Crippen LogP) is 2.78. The number of nitrogens with zero attached hydrogens (tertiary/aromatic N) is 3. The molecule has 0 fully saturated rings. The van der Waals surface area contributed by atoms with E-state index in [1.54, 1.807) is 6.20 Å². The number of aryl methyl sites for hydroxylation is 3. The summed E-state index contributed by atoms with van der Waals surface area (Å²) in [6.45, 7) is 5.75. The number of fused-ring (bicyclic) bond motifs is 1. The van der Waals surface area contributed by atoms with Crippen LogP contribution in [0.25, 0.3) is 10.9 Å². The Morgan fingerprint density at radius 1 is 1.32 bits per heavy atom. The van der Waals surface area contributed by atoms with Gasteiger partial charge in [-0.3, -0.25) is 9.89 Å². The quantitative estimate of drug-likeness (QED) is 0.778. The van der Waals surface area contributed by atoms with Gasteiger partial charge in [-0.2, -0.15) is 5.10 Å². The number of rotatable bonds is 3. The molecule has 1 aromatic carbocycles. The lowest BCUT2D eigenvalue weighted by atomic mass is 10.1. The van der Waals surface area contributed by atoms with Crippen LogP contribution >= 0.6 is 0 Å². The number of hydrogen-bond donors (Lipinski definition) is 2. The van der Waals surface area contributed by atoms with Gasteiger partial charge in [0.15, 0.2) is 0 Å². The summed E-state index contributed by atoms with van der Waals surface area (Å²) in [4.78, 5) is 20.9. The molecule has 0 aliphatic rings.